The van der Waals surface area contributed by atoms with E-state index < -0.39 is 97.5 Å². The molecule has 0 fully saturated rings. The molecule has 17 nitrogen and oxygen atoms in total. The number of ether oxygens (including phenoxy) is 4. The second kappa shape index (κ2) is 61.9. The molecule has 0 saturated heterocycles. The monoisotopic (exact) mass is 1320 g/mol. The third kappa shape index (κ3) is 64.8. The highest BCUT2D eigenvalue weighted by atomic mass is 31.2. The van der Waals surface area contributed by atoms with E-state index in [1.54, 1.807) is 0 Å². The fourth-order valence-electron chi connectivity index (χ4n) is 10.7. The molecule has 0 aliphatic carbocycles. The maximum Gasteiger partial charge on any atom is 0.472 e. The number of hydrogen-bond donors (Lipinski definition) is 3. The minimum Gasteiger partial charge on any atom is -0.462 e. The molecule has 0 aliphatic heterocycles. The van der Waals surface area contributed by atoms with E-state index >= 15 is 0 Å². The van der Waals surface area contributed by atoms with Crippen molar-refractivity contribution in [2.24, 2.45) is 17.8 Å². The summed E-state index contributed by atoms with van der Waals surface area (Å²) in [5.41, 5.74) is 0. The first-order valence-electron chi connectivity index (χ1n) is 36.8. The molecule has 0 heterocycles. The summed E-state index contributed by atoms with van der Waals surface area (Å²) < 4.78 is 68.3. The molecule has 0 spiro atoms. The fourth-order valence-corrected chi connectivity index (χ4v) is 12.3. The molecule has 534 valence electrons. The van der Waals surface area contributed by atoms with Crippen LogP contribution in [0.3, 0.4) is 0 Å². The Bertz CT molecular complexity index is 1770. The van der Waals surface area contributed by atoms with E-state index in [0.717, 1.165) is 108 Å². The van der Waals surface area contributed by atoms with Crippen LogP contribution in [0.2, 0.25) is 0 Å². The van der Waals surface area contributed by atoms with Gasteiger partial charge in [-0.15, -0.1) is 0 Å². The van der Waals surface area contributed by atoms with E-state index in [-0.39, 0.29) is 25.7 Å². The van der Waals surface area contributed by atoms with Crippen LogP contribution >= 0.6 is 15.6 Å². The van der Waals surface area contributed by atoms with Crippen LogP contribution in [0.15, 0.2) is 0 Å². The second-order valence-corrected chi connectivity index (χ2v) is 30.0. The van der Waals surface area contributed by atoms with Gasteiger partial charge in [0.1, 0.15) is 19.3 Å². The Kier molecular flexibility index (Phi) is 60.6. The van der Waals surface area contributed by atoms with Crippen LogP contribution in [0.25, 0.3) is 0 Å². The second-order valence-electron chi connectivity index (χ2n) is 27.1. The molecule has 0 aromatic rings. The smallest absolute Gasteiger partial charge is 0.462 e. The Morgan fingerprint density at radius 1 is 0.300 bits per heavy atom. The molecule has 3 N–H and O–H groups in total. The number of aliphatic hydroxyl groups excluding tert-OH is 1. The number of hydrogen-bond acceptors (Lipinski definition) is 15. The number of rotatable bonds is 69. The summed E-state index contributed by atoms with van der Waals surface area (Å²) >= 11 is 0. The summed E-state index contributed by atoms with van der Waals surface area (Å²) in [5.74, 6) is 0.0553. The van der Waals surface area contributed by atoms with Gasteiger partial charge < -0.3 is 33.8 Å². The van der Waals surface area contributed by atoms with Crippen molar-refractivity contribution < 1.29 is 80.2 Å². The van der Waals surface area contributed by atoms with Gasteiger partial charge in [-0.25, -0.2) is 9.13 Å². The van der Waals surface area contributed by atoms with Crippen LogP contribution < -0.4 is 0 Å². The molecule has 0 radical (unpaired) electrons. The largest absolute Gasteiger partial charge is 0.472 e. The summed E-state index contributed by atoms with van der Waals surface area (Å²) in [6.07, 6.45) is 45.9. The fraction of sp³-hybridized carbons (Fsp3) is 0.944. The van der Waals surface area contributed by atoms with Crippen molar-refractivity contribution in [3.05, 3.63) is 0 Å². The quantitative estimate of drug-likeness (QED) is 0.0222. The van der Waals surface area contributed by atoms with E-state index in [4.69, 9.17) is 37.0 Å². The first-order valence-corrected chi connectivity index (χ1v) is 39.8. The van der Waals surface area contributed by atoms with E-state index in [0.29, 0.717) is 31.6 Å². The summed E-state index contributed by atoms with van der Waals surface area (Å²) in [6.45, 7) is 11.8. The van der Waals surface area contributed by atoms with Gasteiger partial charge in [0.2, 0.25) is 0 Å². The van der Waals surface area contributed by atoms with E-state index in [9.17, 15) is 43.2 Å². The number of carbonyl (C=O) groups is 4. The standard InChI is InChI=1S/C71H138O17P2/c1-8-9-10-11-12-13-14-15-16-17-18-19-24-32-40-47-54-70(75)87-66(58-81-68(73)52-45-38-31-23-21-20-22-28-35-42-49-62(2)3)60-85-89(77,78)83-56-65(72)57-84-90(79,80)86-61-67(59-82-69(74)53-46-39-34-27-30-37-44-51-64(6)7)88-71(76)55-48-41-33-26-25-29-36-43-50-63(4)5/h62-67,72H,8-61H2,1-7H3,(H,77,78)(H,79,80)/t65-,66-,67-/m1/s1. The van der Waals surface area contributed by atoms with Crippen LogP contribution in [0.1, 0.15) is 357 Å². The molecule has 0 aromatic heterocycles. The van der Waals surface area contributed by atoms with Crippen molar-refractivity contribution >= 4 is 39.5 Å². The van der Waals surface area contributed by atoms with Gasteiger partial charge in [-0.1, -0.05) is 305 Å². The molecular formula is C71H138O17P2. The average molecular weight is 1330 g/mol. The van der Waals surface area contributed by atoms with Crippen molar-refractivity contribution in [1.82, 2.24) is 0 Å². The third-order valence-electron chi connectivity index (χ3n) is 16.4. The predicted octanol–water partition coefficient (Wildman–Crippen LogP) is 20.2. The Morgan fingerprint density at radius 2 is 0.511 bits per heavy atom. The molecule has 19 heteroatoms. The van der Waals surface area contributed by atoms with Gasteiger partial charge in [0.25, 0.3) is 0 Å². The zero-order valence-electron chi connectivity index (χ0n) is 58.6. The molecule has 90 heavy (non-hydrogen) atoms. The summed E-state index contributed by atoms with van der Waals surface area (Å²) in [6, 6.07) is 0. The van der Waals surface area contributed by atoms with Gasteiger partial charge >= 0.3 is 39.5 Å². The minimum atomic E-state index is -4.95. The maximum absolute atomic E-state index is 13.0. The van der Waals surface area contributed by atoms with Crippen LogP contribution in [0, 0.1) is 17.8 Å². The topological polar surface area (TPSA) is 237 Å². The molecule has 5 atom stereocenters. The Hall–Kier alpha value is -1.94. The zero-order valence-corrected chi connectivity index (χ0v) is 60.4. The summed E-state index contributed by atoms with van der Waals surface area (Å²) in [5, 5.41) is 10.6. The number of aliphatic hydroxyl groups is 1. The number of unbranched alkanes of at least 4 members (excludes halogenated alkanes) is 37. The number of phosphoric acid groups is 2. The van der Waals surface area contributed by atoms with Gasteiger partial charge in [0, 0.05) is 25.7 Å². The zero-order chi connectivity index (χ0) is 66.6. The lowest BCUT2D eigenvalue weighted by atomic mass is 10.0. The van der Waals surface area contributed by atoms with Crippen LogP contribution in [0.5, 0.6) is 0 Å². The minimum absolute atomic E-state index is 0.103. The molecular weight excluding hydrogens is 1190 g/mol. The highest BCUT2D eigenvalue weighted by molar-refractivity contribution is 7.47. The molecule has 0 aromatic carbocycles. The number of carbonyl (C=O) groups excluding carboxylic acids is 4. The maximum atomic E-state index is 13.0. The van der Waals surface area contributed by atoms with Gasteiger partial charge in [0.15, 0.2) is 12.2 Å². The van der Waals surface area contributed by atoms with E-state index in [1.165, 1.54) is 161 Å². The van der Waals surface area contributed by atoms with Crippen LogP contribution in [-0.2, 0) is 65.4 Å². The van der Waals surface area contributed by atoms with Crippen molar-refractivity contribution in [1.29, 1.82) is 0 Å². The van der Waals surface area contributed by atoms with Gasteiger partial charge in [-0.05, 0) is 43.4 Å². The average Bonchev–Trinajstić information content (AvgIpc) is 3.62. The SMILES string of the molecule is CCCCCCCCCCCCCCCCCCC(=O)O[C@H](COC(=O)CCCCCCCCCCCCC(C)C)COP(=O)(O)OC[C@@H](O)COP(=O)(O)OC[C@@H](COC(=O)CCCCCCCCCC(C)C)OC(=O)CCCCCCCCCCC(C)C. The lowest BCUT2D eigenvalue weighted by Crippen LogP contribution is -2.30. The van der Waals surface area contributed by atoms with Crippen molar-refractivity contribution in [3.8, 4) is 0 Å². The predicted molar refractivity (Wildman–Crippen MR) is 363 cm³/mol. The van der Waals surface area contributed by atoms with E-state index in [2.05, 4.69) is 48.5 Å². The Morgan fingerprint density at radius 3 is 0.756 bits per heavy atom. The van der Waals surface area contributed by atoms with Crippen molar-refractivity contribution in [2.75, 3.05) is 39.6 Å². The van der Waals surface area contributed by atoms with Gasteiger partial charge in [-0.3, -0.25) is 37.3 Å². The van der Waals surface area contributed by atoms with Crippen molar-refractivity contribution in [3.63, 3.8) is 0 Å². The summed E-state index contributed by atoms with van der Waals surface area (Å²) in [4.78, 5) is 72.6. The third-order valence-corrected chi connectivity index (χ3v) is 18.3. The molecule has 0 saturated carbocycles. The van der Waals surface area contributed by atoms with Gasteiger partial charge in [0.05, 0.1) is 26.4 Å². The van der Waals surface area contributed by atoms with Crippen molar-refractivity contribution in [2.45, 2.75) is 375 Å². The Labute approximate surface area is 549 Å². The Balaban J connectivity index is 5.25. The first kappa shape index (κ1) is 88.1. The molecule has 0 rings (SSSR count). The lowest BCUT2D eigenvalue weighted by Gasteiger charge is -2.21. The van der Waals surface area contributed by atoms with E-state index in [1.807, 2.05) is 0 Å². The highest BCUT2D eigenvalue weighted by Crippen LogP contribution is 2.45. The van der Waals surface area contributed by atoms with Gasteiger partial charge in [-0.2, -0.15) is 0 Å². The molecule has 0 bridgehead atoms. The van der Waals surface area contributed by atoms with Crippen LogP contribution in [-0.4, -0.2) is 96.7 Å². The molecule has 2 unspecified atom stereocenters. The normalized spacial score (nSPS) is 14.2. The van der Waals surface area contributed by atoms with Crippen LogP contribution in [0.4, 0.5) is 0 Å². The number of phosphoric ester groups is 2. The molecule has 0 amide bonds. The molecule has 0 aliphatic rings. The number of esters is 4. The first-order chi connectivity index (χ1) is 43.2. The lowest BCUT2D eigenvalue weighted by molar-refractivity contribution is -0.161. The highest BCUT2D eigenvalue weighted by Gasteiger charge is 2.30. The summed E-state index contributed by atoms with van der Waals surface area (Å²) in [7, 11) is -9.90.